The van der Waals surface area contributed by atoms with Crippen LogP contribution in [0, 0.1) is 0 Å². The fourth-order valence-electron chi connectivity index (χ4n) is 2.80. The molecular formula is C19H22N2O5S. The van der Waals surface area contributed by atoms with E-state index in [4.69, 9.17) is 9.47 Å². The van der Waals surface area contributed by atoms with Gasteiger partial charge >= 0.3 is 0 Å². The molecule has 1 N–H and O–H groups in total. The van der Waals surface area contributed by atoms with E-state index in [0.717, 1.165) is 6.42 Å². The van der Waals surface area contributed by atoms with Crippen molar-refractivity contribution < 1.29 is 22.7 Å². The second kappa shape index (κ2) is 7.87. The van der Waals surface area contributed by atoms with Gasteiger partial charge in [0.15, 0.2) is 6.10 Å². The first-order chi connectivity index (χ1) is 13.0. The Morgan fingerprint density at radius 3 is 2.59 bits per heavy atom. The molecule has 3 rings (SSSR count). The van der Waals surface area contributed by atoms with Gasteiger partial charge in [-0.15, -0.1) is 0 Å². The molecule has 2 aromatic rings. The van der Waals surface area contributed by atoms with Crippen LogP contribution in [0.1, 0.15) is 13.3 Å². The topological polar surface area (TPSA) is 84.9 Å². The van der Waals surface area contributed by atoms with E-state index < -0.39 is 16.1 Å². The summed E-state index contributed by atoms with van der Waals surface area (Å²) in [6.07, 6.45) is -0.136. The Balaban J connectivity index is 1.97. The first-order valence-corrected chi connectivity index (χ1v) is 10.1. The Morgan fingerprint density at radius 1 is 1.22 bits per heavy atom. The molecule has 0 saturated carbocycles. The summed E-state index contributed by atoms with van der Waals surface area (Å²) in [6.45, 7) is 2.35. The fourth-order valence-corrected chi connectivity index (χ4v) is 4.28. The van der Waals surface area contributed by atoms with Gasteiger partial charge in [0, 0.05) is 6.54 Å². The standard InChI is InChI=1S/C19H22N2O5S/c1-3-12-20-19(22)18-13-21(16-6-4-5-7-17(16)26-18)27(23,24)15-10-8-14(25-2)9-11-15/h4-11,18H,3,12-13H2,1-2H3,(H,20,22)/t18-/m0/s1. The van der Waals surface area contributed by atoms with E-state index in [0.29, 0.717) is 23.7 Å². The number of anilines is 1. The van der Waals surface area contributed by atoms with Gasteiger partial charge in [-0.2, -0.15) is 0 Å². The van der Waals surface area contributed by atoms with E-state index in [1.807, 2.05) is 6.92 Å². The summed E-state index contributed by atoms with van der Waals surface area (Å²) in [5.74, 6) is 0.590. The maximum atomic E-state index is 13.2. The van der Waals surface area contributed by atoms with Crippen LogP contribution in [0.2, 0.25) is 0 Å². The summed E-state index contributed by atoms with van der Waals surface area (Å²) in [5, 5.41) is 2.76. The predicted octanol–water partition coefficient (Wildman–Crippen LogP) is 2.18. The summed E-state index contributed by atoms with van der Waals surface area (Å²) in [7, 11) is -2.35. The largest absolute Gasteiger partial charge is 0.497 e. The molecule has 1 amide bonds. The van der Waals surface area contributed by atoms with Crippen molar-refractivity contribution in [1.29, 1.82) is 0 Å². The molecule has 0 aromatic heterocycles. The molecule has 0 aliphatic carbocycles. The molecule has 27 heavy (non-hydrogen) atoms. The van der Waals surface area contributed by atoms with Crippen LogP contribution in [-0.4, -0.2) is 40.6 Å². The molecule has 0 bridgehead atoms. The zero-order valence-electron chi connectivity index (χ0n) is 15.2. The molecule has 1 aliphatic heterocycles. The van der Waals surface area contributed by atoms with Gasteiger partial charge in [0.05, 0.1) is 24.2 Å². The third-order valence-corrected chi connectivity index (χ3v) is 6.02. The van der Waals surface area contributed by atoms with Crippen LogP contribution in [0.4, 0.5) is 5.69 Å². The number of fused-ring (bicyclic) bond motifs is 1. The molecule has 1 aliphatic rings. The number of ether oxygens (including phenoxy) is 2. The number of carbonyl (C=O) groups excluding carboxylic acids is 1. The minimum Gasteiger partial charge on any atom is -0.497 e. The van der Waals surface area contributed by atoms with Crippen molar-refractivity contribution >= 4 is 21.6 Å². The van der Waals surface area contributed by atoms with Crippen LogP contribution < -0.4 is 19.1 Å². The lowest BCUT2D eigenvalue weighted by Crippen LogP contribution is -2.50. The van der Waals surface area contributed by atoms with Gasteiger partial charge < -0.3 is 14.8 Å². The highest BCUT2D eigenvalue weighted by molar-refractivity contribution is 7.92. The van der Waals surface area contributed by atoms with E-state index in [1.165, 1.54) is 23.5 Å². The molecule has 0 unspecified atom stereocenters. The molecule has 2 aromatic carbocycles. The second-order valence-electron chi connectivity index (χ2n) is 6.08. The van der Waals surface area contributed by atoms with Crippen molar-refractivity contribution in [2.24, 2.45) is 0 Å². The van der Waals surface area contributed by atoms with E-state index in [-0.39, 0.29) is 17.3 Å². The van der Waals surface area contributed by atoms with Crippen LogP contribution in [0.15, 0.2) is 53.4 Å². The summed E-state index contributed by atoms with van der Waals surface area (Å²) in [5.41, 5.74) is 0.410. The maximum absolute atomic E-state index is 13.2. The van der Waals surface area contributed by atoms with Crippen molar-refractivity contribution in [1.82, 2.24) is 5.32 Å². The summed E-state index contributed by atoms with van der Waals surface area (Å²) < 4.78 is 38.5. The normalized spacial score (nSPS) is 16.2. The summed E-state index contributed by atoms with van der Waals surface area (Å²) >= 11 is 0. The average molecular weight is 390 g/mol. The van der Waals surface area contributed by atoms with Gasteiger partial charge in [0.25, 0.3) is 15.9 Å². The van der Waals surface area contributed by atoms with Crippen molar-refractivity contribution in [2.75, 3.05) is 24.5 Å². The minimum atomic E-state index is -3.87. The molecule has 0 radical (unpaired) electrons. The lowest BCUT2D eigenvalue weighted by Gasteiger charge is -2.34. The Morgan fingerprint density at radius 2 is 1.93 bits per heavy atom. The van der Waals surface area contributed by atoms with Crippen LogP contribution in [-0.2, 0) is 14.8 Å². The number of nitrogens with zero attached hydrogens (tertiary/aromatic N) is 1. The van der Waals surface area contributed by atoms with Gasteiger partial charge in [-0.05, 0) is 42.8 Å². The van der Waals surface area contributed by atoms with Gasteiger partial charge in [-0.1, -0.05) is 19.1 Å². The molecule has 0 saturated heterocycles. The van der Waals surface area contributed by atoms with Crippen LogP contribution in [0.3, 0.4) is 0 Å². The second-order valence-corrected chi connectivity index (χ2v) is 7.94. The van der Waals surface area contributed by atoms with Crippen LogP contribution in [0.5, 0.6) is 11.5 Å². The lowest BCUT2D eigenvalue weighted by molar-refractivity contribution is -0.127. The quantitative estimate of drug-likeness (QED) is 0.817. The lowest BCUT2D eigenvalue weighted by atomic mass is 10.2. The monoisotopic (exact) mass is 390 g/mol. The number of nitrogens with one attached hydrogen (secondary N) is 1. The number of hydrogen-bond acceptors (Lipinski definition) is 5. The Kier molecular flexibility index (Phi) is 5.55. The highest BCUT2D eigenvalue weighted by atomic mass is 32.2. The number of carbonyl (C=O) groups is 1. The molecule has 0 spiro atoms. The minimum absolute atomic E-state index is 0.0963. The Labute approximate surface area is 158 Å². The molecular weight excluding hydrogens is 368 g/mol. The van der Waals surface area contributed by atoms with Gasteiger partial charge in [-0.25, -0.2) is 8.42 Å². The van der Waals surface area contributed by atoms with Crippen molar-refractivity contribution in [3.8, 4) is 11.5 Å². The number of amides is 1. The maximum Gasteiger partial charge on any atom is 0.264 e. The average Bonchev–Trinajstić information content (AvgIpc) is 2.71. The molecule has 1 atom stereocenters. The van der Waals surface area contributed by atoms with E-state index >= 15 is 0 Å². The van der Waals surface area contributed by atoms with E-state index in [9.17, 15) is 13.2 Å². The van der Waals surface area contributed by atoms with E-state index in [2.05, 4.69) is 5.32 Å². The number of para-hydroxylation sites is 2. The van der Waals surface area contributed by atoms with Crippen LogP contribution >= 0.6 is 0 Å². The SMILES string of the molecule is CCCNC(=O)[C@@H]1CN(S(=O)(=O)c2ccc(OC)cc2)c2ccccc2O1. The van der Waals surface area contributed by atoms with Crippen molar-refractivity contribution in [3.63, 3.8) is 0 Å². The van der Waals surface area contributed by atoms with Crippen LogP contribution in [0.25, 0.3) is 0 Å². The summed E-state index contributed by atoms with van der Waals surface area (Å²) in [6, 6.07) is 12.9. The highest BCUT2D eigenvalue weighted by Gasteiger charge is 2.37. The number of sulfonamides is 1. The third kappa shape index (κ3) is 3.85. The first-order valence-electron chi connectivity index (χ1n) is 8.67. The van der Waals surface area contributed by atoms with Crippen molar-refractivity contribution in [3.05, 3.63) is 48.5 Å². The number of rotatable bonds is 6. The Bertz CT molecular complexity index is 912. The highest BCUT2D eigenvalue weighted by Crippen LogP contribution is 2.37. The third-order valence-electron chi connectivity index (χ3n) is 4.22. The van der Waals surface area contributed by atoms with Crippen molar-refractivity contribution in [2.45, 2.75) is 24.3 Å². The van der Waals surface area contributed by atoms with Gasteiger partial charge in [-0.3, -0.25) is 9.10 Å². The summed E-state index contributed by atoms with van der Waals surface area (Å²) in [4.78, 5) is 12.5. The number of methoxy groups -OCH3 is 1. The van der Waals surface area contributed by atoms with Gasteiger partial charge in [0.1, 0.15) is 11.5 Å². The molecule has 1 heterocycles. The zero-order chi connectivity index (χ0) is 19.4. The van der Waals surface area contributed by atoms with Gasteiger partial charge in [0.2, 0.25) is 0 Å². The zero-order valence-corrected chi connectivity index (χ0v) is 16.0. The smallest absolute Gasteiger partial charge is 0.264 e. The fraction of sp³-hybridized carbons (Fsp3) is 0.316. The number of benzene rings is 2. The molecule has 7 nitrogen and oxygen atoms in total. The van der Waals surface area contributed by atoms with E-state index in [1.54, 1.807) is 36.4 Å². The predicted molar refractivity (Wildman–Crippen MR) is 102 cm³/mol. The molecule has 8 heteroatoms. The Hall–Kier alpha value is -2.74. The molecule has 0 fully saturated rings. The first kappa shape index (κ1) is 19.0. The number of hydrogen-bond donors (Lipinski definition) is 1. The molecule has 144 valence electrons.